The maximum absolute atomic E-state index is 14.6. The summed E-state index contributed by atoms with van der Waals surface area (Å²) >= 11 is 0. The molecule has 2 aromatic heterocycles. The average molecular weight is 757 g/mol. The van der Waals surface area contributed by atoms with E-state index in [0.29, 0.717) is 11.0 Å². The van der Waals surface area contributed by atoms with Crippen LogP contribution in [0.15, 0.2) is 223 Å². The number of rotatable bonds is 8. The second-order valence-corrected chi connectivity index (χ2v) is 14.7. The Bertz CT molecular complexity index is 3100. The third-order valence-electron chi connectivity index (χ3n) is 11.3. The van der Waals surface area contributed by atoms with Crippen molar-refractivity contribution in [1.82, 2.24) is 9.38 Å². The van der Waals surface area contributed by atoms with Crippen LogP contribution in [-0.2, 0) is 0 Å². The highest BCUT2D eigenvalue weighted by atomic mass is 16.1. The normalized spacial score (nSPS) is 11.5. The van der Waals surface area contributed by atoms with Crippen molar-refractivity contribution in [2.24, 2.45) is 0 Å². The number of fused-ring (bicyclic) bond motifs is 4. The molecule has 0 amide bonds. The van der Waals surface area contributed by atoms with Gasteiger partial charge in [-0.1, -0.05) is 121 Å². The molecule has 11 rings (SSSR count). The molecule has 0 N–H and O–H groups in total. The summed E-state index contributed by atoms with van der Waals surface area (Å²) in [6.45, 7) is 0. The SMILES string of the molecule is O=c1c2ccc(-c3ccc(N(c4ccccc4)c4ccccc4)cc3)c3c(-c4ccc(N(c5ccccc5)c5ccccc5)cc4)ccc(c32)c2nc3ccccc3n12. The Hall–Kier alpha value is -8.02. The van der Waals surface area contributed by atoms with E-state index in [1.54, 1.807) is 4.40 Å². The number of hydrogen-bond donors (Lipinski definition) is 0. The minimum atomic E-state index is -0.0664. The Labute approximate surface area is 341 Å². The van der Waals surface area contributed by atoms with Crippen LogP contribution in [0, 0.1) is 0 Å². The molecule has 5 nitrogen and oxygen atoms in total. The standard InChI is InChI=1S/C54H36N4O/c59-54-48-36-34-46(38-27-31-44(32-28-38)57(41-19-9-3-10-20-41)42-21-11-4-12-22-42)51-45(33-35-47(52(48)51)53-55-49-23-13-14-24-50(49)58(53)54)37-25-29-43(30-26-37)56(39-15-5-1-6-16-39)40-17-7-2-8-18-40/h1-36H. The summed E-state index contributed by atoms with van der Waals surface area (Å²) in [5.41, 5.74) is 12.9. The Kier molecular flexibility index (Phi) is 8.23. The van der Waals surface area contributed by atoms with Gasteiger partial charge in [-0.05, 0) is 125 Å². The molecule has 278 valence electrons. The Morgan fingerprint density at radius 1 is 0.356 bits per heavy atom. The first-order valence-corrected chi connectivity index (χ1v) is 19.8. The van der Waals surface area contributed by atoms with Gasteiger partial charge in [0.2, 0.25) is 0 Å². The van der Waals surface area contributed by atoms with Gasteiger partial charge in [-0.3, -0.25) is 9.20 Å². The Balaban J connectivity index is 1.11. The number of anilines is 6. The van der Waals surface area contributed by atoms with Crippen LogP contribution in [0.3, 0.4) is 0 Å². The van der Waals surface area contributed by atoms with Gasteiger partial charge in [0.1, 0.15) is 5.65 Å². The fourth-order valence-corrected chi connectivity index (χ4v) is 8.66. The molecule has 0 atom stereocenters. The van der Waals surface area contributed by atoms with Crippen molar-refractivity contribution in [2.45, 2.75) is 0 Å². The monoisotopic (exact) mass is 756 g/mol. The predicted molar refractivity (Wildman–Crippen MR) is 245 cm³/mol. The van der Waals surface area contributed by atoms with Gasteiger partial charge in [0, 0.05) is 50.3 Å². The first-order chi connectivity index (χ1) is 29.2. The molecule has 0 bridgehead atoms. The van der Waals surface area contributed by atoms with E-state index >= 15 is 0 Å². The second kappa shape index (κ2) is 14.2. The highest BCUT2D eigenvalue weighted by molar-refractivity contribution is 6.23. The van der Waals surface area contributed by atoms with Crippen LogP contribution < -0.4 is 15.4 Å². The fraction of sp³-hybridized carbons (Fsp3) is 0. The second-order valence-electron chi connectivity index (χ2n) is 14.7. The van der Waals surface area contributed by atoms with Gasteiger partial charge in [-0.15, -0.1) is 0 Å². The Morgan fingerprint density at radius 3 is 1.20 bits per heavy atom. The third-order valence-corrected chi connectivity index (χ3v) is 11.3. The number of aromatic nitrogens is 2. The number of hydrogen-bond acceptors (Lipinski definition) is 4. The molecular formula is C54H36N4O. The highest BCUT2D eigenvalue weighted by Crippen LogP contribution is 2.44. The lowest BCUT2D eigenvalue weighted by atomic mass is 9.88. The summed E-state index contributed by atoms with van der Waals surface area (Å²) in [5, 5.41) is 3.57. The van der Waals surface area contributed by atoms with Gasteiger partial charge in [0.25, 0.3) is 5.56 Å². The van der Waals surface area contributed by atoms with Crippen molar-refractivity contribution in [1.29, 1.82) is 0 Å². The lowest BCUT2D eigenvalue weighted by molar-refractivity contribution is 1.19. The quantitative estimate of drug-likeness (QED) is 0.155. The predicted octanol–water partition coefficient (Wildman–Crippen LogP) is 13.9. The summed E-state index contributed by atoms with van der Waals surface area (Å²) in [4.78, 5) is 24.1. The molecule has 0 radical (unpaired) electrons. The lowest BCUT2D eigenvalue weighted by Gasteiger charge is -2.26. The zero-order chi connectivity index (χ0) is 39.3. The number of para-hydroxylation sites is 6. The summed E-state index contributed by atoms with van der Waals surface area (Å²) in [6, 6.07) is 75.7. The third kappa shape index (κ3) is 5.79. The van der Waals surface area contributed by atoms with Crippen molar-refractivity contribution in [3.63, 3.8) is 0 Å². The molecule has 0 fully saturated rings. The maximum atomic E-state index is 14.6. The van der Waals surface area contributed by atoms with Crippen molar-refractivity contribution in [3.05, 3.63) is 229 Å². The van der Waals surface area contributed by atoms with Gasteiger partial charge < -0.3 is 9.80 Å². The summed E-state index contributed by atoms with van der Waals surface area (Å²) < 4.78 is 1.78. The van der Waals surface area contributed by atoms with Crippen molar-refractivity contribution in [3.8, 4) is 22.3 Å². The van der Waals surface area contributed by atoms with E-state index in [1.165, 1.54) is 0 Å². The molecule has 0 unspecified atom stereocenters. The Morgan fingerprint density at radius 2 is 0.746 bits per heavy atom. The van der Waals surface area contributed by atoms with Crippen LogP contribution in [0.1, 0.15) is 0 Å². The van der Waals surface area contributed by atoms with E-state index in [1.807, 2.05) is 54.6 Å². The minimum absolute atomic E-state index is 0.0664. The topological polar surface area (TPSA) is 40.9 Å². The van der Waals surface area contributed by atoms with Crippen LogP contribution >= 0.6 is 0 Å². The molecular weight excluding hydrogens is 721 g/mol. The van der Waals surface area contributed by atoms with E-state index in [2.05, 4.69) is 174 Å². The maximum Gasteiger partial charge on any atom is 0.264 e. The molecule has 0 saturated carbocycles. The molecule has 9 aromatic carbocycles. The van der Waals surface area contributed by atoms with Crippen LogP contribution in [0.5, 0.6) is 0 Å². The summed E-state index contributed by atoms with van der Waals surface area (Å²) in [7, 11) is 0. The first-order valence-electron chi connectivity index (χ1n) is 19.8. The molecule has 0 saturated heterocycles. The van der Waals surface area contributed by atoms with Gasteiger partial charge in [-0.2, -0.15) is 0 Å². The average Bonchev–Trinajstić information content (AvgIpc) is 3.70. The summed E-state index contributed by atoms with van der Waals surface area (Å²) in [5.74, 6) is 0. The summed E-state index contributed by atoms with van der Waals surface area (Å²) in [6.07, 6.45) is 0. The molecule has 59 heavy (non-hydrogen) atoms. The smallest absolute Gasteiger partial charge is 0.264 e. The van der Waals surface area contributed by atoms with E-state index in [-0.39, 0.29) is 5.56 Å². The molecule has 0 aliphatic heterocycles. The van der Waals surface area contributed by atoms with Crippen LogP contribution in [0.4, 0.5) is 34.1 Å². The largest absolute Gasteiger partial charge is 0.311 e. The molecule has 2 heterocycles. The van der Waals surface area contributed by atoms with Gasteiger partial charge in [-0.25, -0.2) is 4.98 Å². The fourth-order valence-electron chi connectivity index (χ4n) is 8.66. The number of imidazole rings is 1. The number of nitrogens with zero attached hydrogens (tertiary/aromatic N) is 4. The van der Waals surface area contributed by atoms with E-state index < -0.39 is 0 Å². The van der Waals surface area contributed by atoms with E-state index in [0.717, 1.165) is 83.6 Å². The molecule has 11 aromatic rings. The minimum Gasteiger partial charge on any atom is -0.311 e. The molecule has 0 aliphatic rings. The number of benzene rings is 9. The first kappa shape index (κ1) is 34.2. The highest BCUT2D eigenvalue weighted by Gasteiger charge is 2.22. The number of pyridine rings is 1. The van der Waals surface area contributed by atoms with Gasteiger partial charge >= 0.3 is 0 Å². The van der Waals surface area contributed by atoms with Crippen LogP contribution in [0.25, 0.3) is 60.5 Å². The van der Waals surface area contributed by atoms with E-state index in [4.69, 9.17) is 4.98 Å². The van der Waals surface area contributed by atoms with Gasteiger partial charge in [0.05, 0.1) is 11.0 Å². The van der Waals surface area contributed by atoms with E-state index in [9.17, 15) is 4.79 Å². The van der Waals surface area contributed by atoms with Crippen molar-refractivity contribution in [2.75, 3.05) is 9.80 Å². The van der Waals surface area contributed by atoms with Gasteiger partial charge in [0.15, 0.2) is 0 Å². The lowest BCUT2D eigenvalue weighted by Crippen LogP contribution is -2.13. The van der Waals surface area contributed by atoms with Crippen LogP contribution in [0.2, 0.25) is 0 Å². The zero-order valence-corrected chi connectivity index (χ0v) is 32.0. The molecule has 0 spiro atoms. The van der Waals surface area contributed by atoms with Crippen LogP contribution in [-0.4, -0.2) is 9.38 Å². The molecule has 5 heteroatoms. The van der Waals surface area contributed by atoms with Crippen molar-refractivity contribution < 1.29 is 0 Å². The molecule has 0 aliphatic carbocycles. The van der Waals surface area contributed by atoms with Crippen molar-refractivity contribution >= 4 is 72.3 Å². The zero-order valence-electron chi connectivity index (χ0n) is 32.0.